The highest BCUT2D eigenvalue weighted by Crippen LogP contribution is 2.08. The van der Waals surface area contributed by atoms with Crippen molar-refractivity contribution >= 4 is 35.6 Å². The fraction of sp³-hybridized carbons (Fsp3) is 0.389. The summed E-state index contributed by atoms with van der Waals surface area (Å²) in [6.45, 7) is 0.249. The molecule has 154 valence electrons. The summed E-state index contributed by atoms with van der Waals surface area (Å²) in [7, 11) is 1.44. The van der Waals surface area contributed by atoms with Gasteiger partial charge in [-0.3, -0.25) is 9.59 Å². The van der Waals surface area contributed by atoms with Gasteiger partial charge in [0.15, 0.2) is 6.10 Å². The normalized spacial score (nSPS) is 13.7. The van der Waals surface area contributed by atoms with E-state index in [0.29, 0.717) is 0 Å². The lowest BCUT2D eigenvalue weighted by molar-refractivity contribution is -0.132. The molecule has 2 rings (SSSR count). The molecule has 0 bridgehead atoms. The quantitative estimate of drug-likeness (QED) is 0.429. The molecule has 0 saturated carbocycles. The zero-order valence-corrected chi connectivity index (χ0v) is 17.0. The van der Waals surface area contributed by atoms with E-state index in [1.807, 2.05) is 30.3 Å². The summed E-state index contributed by atoms with van der Waals surface area (Å²) in [5.74, 6) is -1.09. The Kier molecular flexibility index (Phi) is 10.6. The topological polar surface area (TPSA) is 127 Å². The van der Waals surface area contributed by atoms with Crippen molar-refractivity contribution in [1.82, 2.24) is 15.6 Å². The number of rotatable bonds is 10. The first-order chi connectivity index (χ1) is 13.0. The van der Waals surface area contributed by atoms with Crippen molar-refractivity contribution in [2.45, 2.75) is 31.2 Å². The second-order valence-corrected chi connectivity index (χ2v) is 6.93. The number of carbonyl (C=O) groups is 2. The molecule has 1 aromatic carbocycles. The standard InChI is InChI=1S/C18H24N4O4S.ClH/c1-26-11-13(19)17(24)22-14(9-12-5-3-2-4-6-12)16(23)18(25)21-10-15-20-7-8-27-15;/h2-8,13-14,16,23H,9-11,19H2,1H3,(H,21,25)(H,22,24);1H/t13-,14?,16?;/m1./s1. The number of hydrogen-bond donors (Lipinski definition) is 4. The minimum Gasteiger partial charge on any atom is -0.383 e. The van der Waals surface area contributed by atoms with Crippen molar-refractivity contribution < 1.29 is 19.4 Å². The Morgan fingerprint density at radius 1 is 1.29 bits per heavy atom. The first-order valence-electron chi connectivity index (χ1n) is 8.44. The second kappa shape index (κ2) is 12.4. The van der Waals surface area contributed by atoms with E-state index in [1.165, 1.54) is 18.4 Å². The van der Waals surface area contributed by atoms with Gasteiger partial charge in [-0.1, -0.05) is 30.3 Å². The van der Waals surface area contributed by atoms with Crippen LogP contribution < -0.4 is 16.4 Å². The summed E-state index contributed by atoms with van der Waals surface area (Å²) in [4.78, 5) is 28.7. The van der Waals surface area contributed by atoms with Crippen molar-refractivity contribution in [2.75, 3.05) is 13.7 Å². The van der Waals surface area contributed by atoms with Gasteiger partial charge in [-0.05, 0) is 12.0 Å². The Morgan fingerprint density at radius 2 is 2.00 bits per heavy atom. The van der Waals surface area contributed by atoms with Gasteiger partial charge in [0.2, 0.25) is 5.91 Å². The first kappa shape index (κ1) is 24.0. The predicted octanol–water partition coefficient (Wildman–Crippen LogP) is 0.243. The lowest BCUT2D eigenvalue weighted by Crippen LogP contribution is -2.55. The molecule has 8 nitrogen and oxygen atoms in total. The molecule has 0 spiro atoms. The number of methoxy groups -OCH3 is 1. The number of nitrogens with two attached hydrogens (primary N) is 1. The van der Waals surface area contributed by atoms with Gasteiger partial charge >= 0.3 is 0 Å². The highest BCUT2D eigenvalue weighted by molar-refractivity contribution is 7.09. The maximum atomic E-state index is 12.4. The van der Waals surface area contributed by atoms with E-state index in [1.54, 1.807) is 11.6 Å². The number of aliphatic hydroxyl groups excluding tert-OH is 1. The minimum absolute atomic E-state index is 0. The molecule has 2 amide bonds. The van der Waals surface area contributed by atoms with Gasteiger partial charge in [0.1, 0.15) is 11.0 Å². The fourth-order valence-electron chi connectivity index (χ4n) is 2.44. The third-order valence-corrected chi connectivity index (χ3v) is 4.64. The van der Waals surface area contributed by atoms with Crippen LogP contribution in [0.5, 0.6) is 0 Å². The van der Waals surface area contributed by atoms with Crippen molar-refractivity contribution in [2.24, 2.45) is 5.73 Å². The maximum Gasteiger partial charge on any atom is 0.251 e. The summed E-state index contributed by atoms with van der Waals surface area (Å²) >= 11 is 1.40. The molecular weight excluding hydrogens is 404 g/mol. The number of ether oxygens (including phenoxy) is 1. The largest absolute Gasteiger partial charge is 0.383 e. The van der Waals surface area contributed by atoms with Gasteiger partial charge in [0.25, 0.3) is 5.91 Å². The van der Waals surface area contributed by atoms with Gasteiger partial charge in [-0.2, -0.15) is 0 Å². The Hall–Kier alpha value is -2.04. The predicted molar refractivity (Wildman–Crippen MR) is 109 cm³/mol. The van der Waals surface area contributed by atoms with Gasteiger partial charge in [-0.25, -0.2) is 4.98 Å². The van der Waals surface area contributed by atoms with Crippen LogP contribution in [-0.4, -0.2) is 53.8 Å². The minimum atomic E-state index is -1.44. The summed E-state index contributed by atoms with van der Waals surface area (Å²) in [5, 5.41) is 18.3. The van der Waals surface area contributed by atoms with Crippen LogP contribution in [0.25, 0.3) is 0 Å². The Bertz CT molecular complexity index is 718. The molecule has 10 heteroatoms. The van der Waals surface area contributed by atoms with Crippen LogP contribution in [0.2, 0.25) is 0 Å². The number of halogens is 1. The number of amides is 2. The van der Waals surface area contributed by atoms with Gasteiger partial charge in [-0.15, -0.1) is 23.7 Å². The monoisotopic (exact) mass is 428 g/mol. The van der Waals surface area contributed by atoms with Crippen LogP contribution in [-0.2, 0) is 27.3 Å². The average Bonchev–Trinajstić information content (AvgIpc) is 3.19. The van der Waals surface area contributed by atoms with Crippen molar-refractivity contribution in [3.63, 3.8) is 0 Å². The molecule has 0 radical (unpaired) electrons. The number of nitrogens with zero attached hydrogens (tertiary/aromatic N) is 1. The molecule has 28 heavy (non-hydrogen) atoms. The van der Waals surface area contributed by atoms with Crippen LogP contribution in [0.3, 0.4) is 0 Å². The molecule has 1 aromatic heterocycles. The Balaban J connectivity index is 0.00000392. The number of aliphatic hydroxyl groups is 1. The van der Waals surface area contributed by atoms with E-state index in [2.05, 4.69) is 15.6 Å². The van der Waals surface area contributed by atoms with Crippen LogP contribution >= 0.6 is 23.7 Å². The number of hydrogen-bond acceptors (Lipinski definition) is 7. The molecule has 0 aliphatic rings. The summed E-state index contributed by atoms with van der Waals surface area (Å²) < 4.78 is 4.88. The molecule has 0 aliphatic carbocycles. The molecular formula is C18H25ClN4O4S. The number of aromatic nitrogens is 1. The van der Waals surface area contributed by atoms with E-state index in [4.69, 9.17) is 10.5 Å². The Labute approximate surface area is 173 Å². The summed E-state index contributed by atoms with van der Waals surface area (Å²) in [5.41, 5.74) is 6.61. The van der Waals surface area contributed by atoms with Crippen molar-refractivity contribution in [1.29, 1.82) is 0 Å². The van der Waals surface area contributed by atoms with Crippen LogP contribution in [0.15, 0.2) is 41.9 Å². The first-order valence-corrected chi connectivity index (χ1v) is 9.32. The fourth-order valence-corrected chi connectivity index (χ4v) is 3.00. The van der Waals surface area contributed by atoms with E-state index in [-0.39, 0.29) is 32.0 Å². The summed E-state index contributed by atoms with van der Waals surface area (Å²) in [6.07, 6.45) is 0.472. The molecule has 5 N–H and O–H groups in total. The van der Waals surface area contributed by atoms with Gasteiger partial charge < -0.3 is 26.2 Å². The molecule has 2 unspecified atom stereocenters. The van der Waals surface area contributed by atoms with E-state index in [9.17, 15) is 14.7 Å². The number of thiazole rings is 1. The third kappa shape index (κ3) is 7.53. The highest BCUT2D eigenvalue weighted by Gasteiger charge is 2.29. The van der Waals surface area contributed by atoms with E-state index < -0.39 is 30.0 Å². The lowest BCUT2D eigenvalue weighted by atomic mass is 10.00. The second-order valence-electron chi connectivity index (χ2n) is 5.96. The SMILES string of the molecule is COC[C@@H](N)C(=O)NC(Cc1ccccc1)C(O)C(=O)NCc1nccs1.Cl. The van der Waals surface area contributed by atoms with Gasteiger partial charge in [0.05, 0.1) is 19.2 Å². The maximum absolute atomic E-state index is 12.4. The molecule has 2 aromatic rings. The van der Waals surface area contributed by atoms with Crippen LogP contribution in [0.4, 0.5) is 0 Å². The Morgan fingerprint density at radius 3 is 2.61 bits per heavy atom. The summed E-state index contributed by atoms with van der Waals surface area (Å²) in [6, 6.07) is 7.54. The smallest absolute Gasteiger partial charge is 0.251 e. The van der Waals surface area contributed by atoms with E-state index in [0.717, 1.165) is 10.6 Å². The molecule has 0 saturated heterocycles. The molecule has 0 fully saturated rings. The van der Waals surface area contributed by atoms with Gasteiger partial charge in [0, 0.05) is 18.7 Å². The molecule has 3 atom stereocenters. The van der Waals surface area contributed by atoms with Crippen molar-refractivity contribution in [3.05, 3.63) is 52.5 Å². The molecule has 0 aliphatic heterocycles. The van der Waals surface area contributed by atoms with Crippen LogP contribution in [0, 0.1) is 0 Å². The molecule has 1 heterocycles. The zero-order valence-electron chi connectivity index (χ0n) is 15.4. The average molecular weight is 429 g/mol. The number of carbonyl (C=O) groups excluding carboxylic acids is 2. The third-order valence-electron chi connectivity index (χ3n) is 3.86. The highest BCUT2D eigenvalue weighted by atomic mass is 35.5. The van der Waals surface area contributed by atoms with Crippen molar-refractivity contribution in [3.8, 4) is 0 Å². The number of nitrogens with one attached hydrogen (secondary N) is 2. The van der Waals surface area contributed by atoms with Crippen LogP contribution in [0.1, 0.15) is 10.6 Å². The lowest BCUT2D eigenvalue weighted by Gasteiger charge is -2.25. The zero-order chi connectivity index (χ0) is 19.6. The number of benzene rings is 1. The van der Waals surface area contributed by atoms with E-state index >= 15 is 0 Å².